The second-order valence-electron chi connectivity index (χ2n) is 5.42. The summed E-state index contributed by atoms with van der Waals surface area (Å²) in [5, 5.41) is 6.82. The minimum atomic E-state index is 0.730. The average Bonchev–Trinajstić information content (AvgIpc) is 3.24. The first-order chi connectivity index (χ1) is 10.3. The summed E-state index contributed by atoms with van der Waals surface area (Å²) in [7, 11) is 3.77. The molecule has 21 heavy (non-hydrogen) atoms. The van der Waals surface area contributed by atoms with Gasteiger partial charge in [-0.25, -0.2) is 4.98 Å². The van der Waals surface area contributed by atoms with Crippen molar-refractivity contribution in [2.24, 2.45) is 0 Å². The van der Waals surface area contributed by atoms with E-state index in [4.69, 9.17) is 9.72 Å². The average molecular weight is 303 g/mol. The molecule has 0 amide bonds. The van der Waals surface area contributed by atoms with E-state index in [1.807, 2.05) is 18.2 Å². The second kappa shape index (κ2) is 6.45. The van der Waals surface area contributed by atoms with E-state index >= 15 is 0 Å². The Kier molecular flexibility index (Phi) is 4.41. The van der Waals surface area contributed by atoms with Gasteiger partial charge < -0.3 is 15.0 Å². The second-order valence-corrected chi connectivity index (χ2v) is 6.36. The van der Waals surface area contributed by atoms with Crippen LogP contribution in [0.15, 0.2) is 29.6 Å². The van der Waals surface area contributed by atoms with Crippen LogP contribution in [0, 0.1) is 0 Å². The summed E-state index contributed by atoms with van der Waals surface area (Å²) in [5.41, 5.74) is 2.20. The summed E-state index contributed by atoms with van der Waals surface area (Å²) < 4.78 is 5.41. The molecule has 1 aromatic heterocycles. The molecule has 0 aliphatic heterocycles. The van der Waals surface area contributed by atoms with Gasteiger partial charge in [0.2, 0.25) is 0 Å². The van der Waals surface area contributed by atoms with Gasteiger partial charge in [-0.2, -0.15) is 0 Å². The van der Waals surface area contributed by atoms with Crippen LogP contribution in [-0.4, -0.2) is 25.2 Å². The summed E-state index contributed by atoms with van der Waals surface area (Å²) in [6.45, 7) is 1.69. The zero-order valence-corrected chi connectivity index (χ0v) is 13.3. The van der Waals surface area contributed by atoms with Crippen molar-refractivity contribution in [3.63, 3.8) is 0 Å². The van der Waals surface area contributed by atoms with Crippen LogP contribution in [0.5, 0.6) is 5.75 Å². The molecule has 112 valence electrons. The number of hydrogen-bond donors (Lipinski definition) is 1. The van der Waals surface area contributed by atoms with Crippen LogP contribution in [0.4, 0.5) is 5.69 Å². The first-order valence-corrected chi connectivity index (χ1v) is 8.15. The van der Waals surface area contributed by atoms with E-state index in [1.54, 1.807) is 18.4 Å². The SMILES string of the molecule is COc1ccccc1N(C)Cc1csc(CNC2CC2)n1. The van der Waals surface area contributed by atoms with Gasteiger partial charge in [0, 0.05) is 25.0 Å². The molecule has 0 spiro atoms. The smallest absolute Gasteiger partial charge is 0.142 e. The topological polar surface area (TPSA) is 37.4 Å². The van der Waals surface area contributed by atoms with E-state index in [2.05, 4.69) is 28.7 Å². The molecule has 1 aromatic carbocycles. The van der Waals surface area contributed by atoms with Crippen molar-refractivity contribution in [2.45, 2.75) is 32.0 Å². The van der Waals surface area contributed by atoms with Gasteiger partial charge in [-0.1, -0.05) is 12.1 Å². The number of aromatic nitrogens is 1. The van der Waals surface area contributed by atoms with Gasteiger partial charge in [0.05, 0.1) is 25.0 Å². The number of hydrogen-bond acceptors (Lipinski definition) is 5. The summed E-state index contributed by atoms with van der Waals surface area (Å²) >= 11 is 1.73. The van der Waals surface area contributed by atoms with Gasteiger partial charge in [-0.05, 0) is 25.0 Å². The van der Waals surface area contributed by atoms with E-state index in [-0.39, 0.29) is 0 Å². The Hall–Kier alpha value is -1.59. The number of thiazole rings is 1. The summed E-state index contributed by atoms with van der Waals surface area (Å²) in [5.74, 6) is 0.894. The number of benzene rings is 1. The molecule has 1 aliphatic rings. The van der Waals surface area contributed by atoms with Crippen LogP contribution in [0.25, 0.3) is 0 Å². The zero-order valence-electron chi connectivity index (χ0n) is 12.5. The van der Waals surface area contributed by atoms with Gasteiger partial charge in [-0.15, -0.1) is 11.3 Å². The van der Waals surface area contributed by atoms with Crippen LogP contribution >= 0.6 is 11.3 Å². The van der Waals surface area contributed by atoms with Crippen molar-refractivity contribution in [1.82, 2.24) is 10.3 Å². The fourth-order valence-electron chi connectivity index (χ4n) is 2.30. The predicted octanol–water partition coefficient (Wildman–Crippen LogP) is 3.04. The van der Waals surface area contributed by atoms with Gasteiger partial charge in [0.15, 0.2) is 0 Å². The van der Waals surface area contributed by atoms with Gasteiger partial charge in [0.25, 0.3) is 0 Å². The lowest BCUT2D eigenvalue weighted by atomic mass is 10.2. The third kappa shape index (κ3) is 3.74. The summed E-state index contributed by atoms with van der Waals surface area (Å²) in [6, 6.07) is 8.80. The summed E-state index contributed by atoms with van der Waals surface area (Å²) in [6.07, 6.45) is 2.63. The molecule has 0 atom stereocenters. The van der Waals surface area contributed by atoms with Crippen molar-refractivity contribution >= 4 is 17.0 Å². The zero-order chi connectivity index (χ0) is 14.7. The molecule has 2 aromatic rings. The van der Waals surface area contributed by atoms with Crippen LogP contribution in [0.1, 0.15) is 23.5 Å². The highest BCUT2D eigenvalue weighted by atomic mass is 32.1. The maximum absolute atomic E-state index is 5.41. The standard InChI is InChI=1S/C16H21N3OS/c1-19(14-5-3-4-6-15(14)20-2)10-13-11-21-16(18-13)9-17-12-7-8-12/h3-6,11-12,17H,7-10H2,1-2H3. The number of rotatable bonds is 7. The van der Waals surface area contributed by atoms with Gasteiger partial charge >= 0.3 is 0 Å². The quantitative estimate of drug-likeness (QED) is 0.853. The Balaban J connectivity index is 1.62. The lowest BCUT2D eigenvalue weighted by Crippen LogP contribution is -2.18. The number of nitrogens with zero attached hydrogens (tertiary/aromatic N) is 2. The lowest BCUT2D eigenvalue weighted by molar-refractivity contribution is 0.414. The van der Waals surface area contributed by atoms with E-state index in [0.717, 1.165) is 36.3 Å². The molecular formula is C16H21N3OS. The van der Waals surface area contributed by atoms with E-state index in [9.17, 15) is 0 Å². The molecule has 5 heteroatoms. The van der Waals surface area contributed by atoms with Crippen molar-refractivity contribution in [1.29, 1.82) is 0 Å². The highest BCUT2D eigenvalue weighted by Gasteiger charge is 2.20. The number of methoxy groups -OCH3 is 1. The number of ether oxygens (including phenoxy) is 1. The largest absolute Gasteiger partial charge is 0.495 e. The third-order valence-corrected chi connectivity index (χ3v) is 4.51. The third-order valence-electron chi connectivity index (χ3n) is 3.61. The van der Waals surface area contributed by atoms with Crippen LogP contribution in [-0.2, 0) is 13.1 Å². The fraction of sp³-hybridized carbons (Fsp3) is 0.438. The monoisotopic (exact) mass is 303 g/mol. The first-order valence-electron chi connectivity index (χ1n) is 7.27. The minimum absolute atomic E-state index is 0.730. The van der Waals surface area contributed by atoms with Crippen molar-refractivity contribution < 1.29 is 4.74 Å². The molecule has 1 aliphatic carbocycles. The predicted molar refractivity (Wildman–Crippen MR) is 87.1 cm³/mol. The Morgan fingerprint density at radius 3 is 2.95 bits per heavy atom. The molecule has 1 heterocycles. The molecule has 0 saturated heterocycles. The summed E-state index contributed by atoms with van der Waals surface area (Å²) in [4.78, 5) is 6.88. The molecule has 1 saturated carbocycles. The molecule has 0 radical (unpaired) electrons. The van der Waals surface area contributed by atoms with Crippen LogP contribution in [0.3, 0.4) is 0 Å². The molecule has 3 rings (SSSR count). The minimum Gasteiger partial charge on any atom is -0.495 e. The maximum atomic E-state index is 5.41. The van der Waals surface area contributed by atoms with E-state index in [0.29, 0.717) is 0 Å². The number of para-hydroxylation sites is 2. The Morgan fingerprint density at radius 1 is 1.38 bits per heavy atom. The fourth-order valence-corrected chi connectivity index (χ4v) is 3.03. The lowest BCUT2D eigenvalue weighted by Gasteiger charge is -2.20. The molecular weight excluding hydrogens is 282 g/mol. The Morgan fingerprint density at radius 2 is 2.19 bits per heavy atom. The molecule has 1 N–H and O–H groups in total. The van der Waals surface area contributed by atoms with Crippen molar-refractivity contribution in [3.8, 4) is 5.75 Å². The van der Waals surface area contributed by atoms with E-state index < -0.39 is 0 Å². The molecule has 4 nitrogen and oxygen atoms in total. The van der Waals surface area contributed by atoms with Gasteiger partial charge in [0.1, 0.15) is 10.8 Å². The molecule has 1 fully saturated rings. The van der Waals surface area contributed by atoms with Crippen molar-refractivity contribution in [3.05, 3.63) is 40.3 Å². The molecule has 0 bridgehead atoms. The highest BCUT2D eigenvalue weighted by Crippen LogP contribution is 2.28. The maximum Gasteiger partial charge on any atom is 0.142 e. The molecule has 0 unspecified atom stereocenters. The normalized spacial score (nSPS) is 14.2. The number of nitrogens with one attached hydrogen (secondary N) is 1. The highest BCUT2D eigenvalue weighted by molar-refractivity contribution is 7.09. The van der Waals surface area contributed by atoms with E-state index in [1.165, 1.54) is 17.8 Å². The Bertz CT molecular complexity index is 595. The Labute approximate surface area is 129 Å². The van der Waals surface area contributed by atoms with Crippen LogP contribution in [0.2, 0.25) is 0 Å². The first kappa shape index (κ1) is 14.4. The van der Waals surface area contributed by atoms with Gasteiger partial charge in [-0.3, -0.25) is 0 Å². The van der Waals surface area contributed by atoms with Crippen molar-refractivity contribution in [2.75, 3.05) is 19.1 Å². The van der Waals surface area contributed by atoms with Crippen LogP contribution < -0.4 is 15.0 Å². The number of anilines is 1.